The van der Waals surface area contributed by atoms with E-state index in [1.54, 1.807) is 48.5 Å². The van der Waals surface area contributed by atoms with E-state index in [1.807, 2.05) is 14.1 Å². The number of quaternary nitrogens is 1. The summed E-state index contributed by atoms with van der Waals surface area (Å²) >= 11 is 0. The van der Waals surface area contributed by atoms with Crippen LogP contribution in [-0.4, -0.2) is 45.7 Å². The Bertz CT molecular complexity index is 790. The number of halogens is 1. The Morgan fingerprint density at radius 1 is 0.933 bits per heavy atom. The van der Waals surface area contributed by atoms with E-state index >= 15 is 0 Å². The summed E-state index contributed by atoms with van der Waals surface area (Å²) in [6, 6.07) is 13.7. The largest absolute Gasteiger partial charge is 1.00 e. The van der Waals surface area contributed by atoms with Crippen molar-refractivity contribution in [3.8, 4) is 5.75 Å². The van der Waals surface area contributed by atoms with Crippen molar-refractivity contribution in [2.75, 3.05) is 39.2 Å². The van der Waals surface area contributed by atoms with Gasteiger partial charge in [0.2, 0.25) is 0 Å². The second kappa shape index (κ2) is 12.9. The third kappa shape index (κ3) is 8.84. The molecule has 2 aromatic carbocycles. The maximum Gasteiger partial charge on any atom is 0.338 e. The Morgan fingerprint density at radius 3 is 2.10 bits per heavy atom. The number of benzene rings is 2. The quantitative estimate of drug-likeness (QED) is 0.502. The molecule has 1 amide bonds. The first-order valence-electron chi connectivity index (χ1n) is 9.95. The van der Waals surface area contributed by atoms with Crippen LogP contribution in [0, 0.1) is 5.92 Å². The molecule has 2 rings (SSSR count). The molecule has 6 nitrogen and oxygen atoms in total. The molecular formula is C23H31ClN2O4. The predicted molar refractivity (Wildman–Crippen MR) is 114 cm³/mol. The molecule has 0 saturated heterocycles. The first-order chi connectivity index (χ1) is 13.8. The van der Waals surface area contributed by atoms with Crippen LogP contribution in [0.2, 0.25) is 0 Å². The number of hydrogen-bond donors (Lipinski definition) is 2. The molecule has 0 aliphatic carbocycles. The van der Waals surface area contributed by atoms with E-state index in [0.717, 1.165) is 18.7 Å². The van der Waals surface area contributed by atoms with Crippen molar-refractivity contribution in [2.45, 2.75) is 20.3 Å². The summed E-state index contributed by atoms with van der Waals surface area (Å²) in [6.07, 6.45) is 0.989. The molecule has 0 aromatic heterocycles. The lowest BCUT2D eigenvalue weighted by Gasteiger charge is -2.10. The average Bonchev–Trinajstić information content (AvgIpc) is 2.68. The molecule has 0 bridgehead atoms. The third-order valence-electron chi connectivity index (χ3n) is 4.29. The summed E-state index contributed by atoms with van der Waals surface area (Å²) < 4.78 is 10.9. The predicted octanol–water partition coefficient (Wildman–Crippen LogP) is -0.331. The molecule has 164 valence electrons. The Kier molecular flexibility index (Phi) is 10.9. The minimum absolute atomic E-state index is 0. The van der Waals surface area contributed by atoms with Gasteiger partial charge in [-0.3, -0.25) is 4.79 Å². The first-order valence-corrected chi connectivity index (χ1v) is 9.95. The SMILES string of the molecule is CC(C)CCOc1ccc(C(=O)Nc2ccc(C(=O)OCC[NH+](C)C)cc2)cc1.[Cl-]. The van der Waals surface area contributed by atoms with Gasteiger partial charge in [0.1, 0.15) is 18.9 Å². The fraction of sp³-hybridized carbons (Fsp3) is 0.391. The van der Waals surface area contributed by atoms with E-state index in [2.05, 4.69) is 19.2 Å². The third-order valence-corrected chi connectivity index (χ3v) is 4.29. The van der Waals surface area contributed by atoms with E-state index in [0.29, 0.717) is 35.9 Å². The summed E-state index contributed by atoms with van der Waals surface area (Å²) in [6.45, 7) is 6.09. The number of anilines is 1. The highest BCUT2D eigenvalue weighted by molar-refractivity contribution is 6.04. The van der Waals surface area contributed by atoms with Gasteiger partial charge in [0.15, 0.2) is 0 Å². The number of ether oxygens (including phenoxy) is 2. The van der Waals surface area contributed by atoms with Crippen LogP contribution in [0.5, 0.6) is 5.75 Å². The fourth-order valence-electron chi connectivity index (χ4n) is 2.44. The molecule has 0 atom stereocenters. The molecule has 0 saturated carbocycles. The number of carbonyl (C=O) groups excluding carboxylic acids is 2. The zero-order valence-electron chi connectivity index (χ0n) is 18.0. The van der Waals surface area contributed by atoms with Crippen LogP contribution < -0.4 is 27.4 Å². The number of amides is 1. The molecule has 0 fully saturated rings. The van der Waals surface area contributed by atoms with Crippen molar-refractivity contribution in [3.63, 3.8) is 0 Å². The zero-order valence-corrected chi connectivity index (χ0v) is 18.8. The number of likely N-dealkylation sites (N-methyl/N-ethyl adjacent to an activating group) is 1. The molecule has 2 N–H and O–H groups in total. The minimum Gasteiger partial charge on any atom is -1.00 e. The topological polar surface area (TPSA) is 69.1 Å². The lowest BCUT2D eigenvalue weighted by atomic mass is 10.1. The molecule has 0 heterocycles. The molecule has 0 radical (unpaired) electrons. The van der Waals surface area contributed by atoms with Crippen LogP contribution in [-0.2, 0) is 4.74 Å². The van der Waals surface area contributed by atoms with Gasteiger partial charge in [0.05, 0.1) is 26.3 Å². The van der Waals surface area contributed by atoms with Gasteiger partial charge in [0, 0.05) is 11.3 Å². The van der Waals surface area contributed by atoms with Gasteiger partial charge in [-0.15, -0.1) is 0 Å². The van der Waals surface area contributed by atoms with Crippen molar-refractivity contribution >= 4 is 17.6 Å². The van der Waals surface area contributed by atoms with E-state index in [1.165, 1.54) is 4.90 Å². The Labute approximate surface area is 185 Å². The molecule has 0 aliphatic heterocycles. The van der Waals surface area contributed by atoms with E-state index < -0.39 is 0 Å². The highest BCUT2D eigenvalue weighted by Crippen LogP contribution is 2.16. The number of nitrogens with one attached hydrogen (secondary N) is 2. The second-order valence-corrected chi connectivity index (χ2v) is 7.68. The number of rotatable bonds is 10. The Balaban J connectivity index is 0.00000450. The highest BCUT2D eigenvalue weighted by Gasteiger charge is 2.10. The van der Waals surface area contributed by atoms with Crippen molar-refractivity contribution in [2.24, 2.45) is 5.92 Å². The maximum absolute atomic E-state index is 12.4. The summed E-state index contributed by atoms with van der Waals surface area (Å²) in [5, 5.41) is 2.82. The lowest BCUT2D eigenvalue weighted by molar-refractivity contribution is -0.858. The monoisotopic (exact) mass is 434 g/mol. The van der Waals surface area contributed by atoms with Gasteiger partial charge < -0.3 is 32.1 Å². The lowest BCUT2D eigenvalue weighted by Crippen LogP contribution is -3.06. The van der Waals surface area contributed by atoms with Crippen LogP contribution >= 0.6 is 0 Å². The van der Waals surface area contributed by atoms with Gasteiger partial charge in [-0.1, -0.05) is 13.8 Å². The minimum atomic E-state index is -0.364. The van der Waals surface area contributed by atoms with E-state index in [4.69, 9.17) is 9.47 Å². The number of hydrogen-bond acceptors (Lipinski definition) is 4. The van der Waals surface area contributed by atoms with Crippen LogP contribution in [0.3, 0.4) is 0 Å². The summed E-state index contributed by atoms with van der Waals surface area (Å²) in [7, 11) is 4.00. The summed E-state index contributed by atoms with van der Waals surface area (Å²) in [4.78, 5) is 25.6. The van der Waals surface area contributed by atoms with Gasteiger partial charge in [0.25, 0.3) is 5.91 Å². The van der Waals surface area contributed by atoms with Gasteiger partial charge in [-0.25, -0.2) is 4.79 Å². The molecule has 0 unspecified atom stereocenters. The zero-order chi connectivity index (χ0) is 21.2. The van der Waals surface area contributed by atoms with Crippen LogP contribution in [0.25, 0.3) is 0 Å². The Morgan fingerprint density at radius 2 is 1.53 bits per heavy atom. The molecule has 2 aromatic rings. The van der Waals surface area contributed by atoms with Crippen molar-refractivity contribution in [1.82, 2.24) is 0 Å². The van der Waals surface area contributed by atoms with Crippen LogP contribution in [0.4, 0.5) is 5.69 Å². The van der Waals surface area contributed by atoms with Gasteiger partial charge in [-0.2, -0.15) is 0 Å². The Hall–Kier alpha value is -2.57. The number of carbonyl (C=O) groups is 2. The smallest absolute Gasteiger partial charge is 0.338 e. The van der Waals surface area contributed by atoms with Crippen molar-refractivity contribution < 1.29 is 36.4 Å². The molecule has 30 heavy (non-hydrogen) atoms. The summed E-state index contributed by atoms with van der Waals surface area (Å²) in [5.41, 5.74) is 1.61. The second-order valence-electron chi connectivity index (χ2n) is 7.68. The average molecular weight is 435 g/mol. The normalized spacial score (nSPS) is 10.5. The molecule has 0 aliphatic rings. The summed E-state index contributed by atoms with van der Waals surface area (Å²) in [5.74, 6) is 0.758. The van der Waals surface area contributed by atoms with E-state index in [9.17, 15) is 9.59 Å². The standard InChI is InChI=1S/C23H30N2O4.ClH/c1-17(2)13-15-28-21-11-7-18(8-12-21)22(26)24-20-9-5-19(6-10-20)23(27)29-16-14-25(3)4;/h5-12,17H,13-16H2,1-4H3,(H,24,26);1H. The van der Waals surface area contributed by atoms with Gasteiger partial charge >= 0.3 is 5.97 Å². The fourth-order valence-corrected chi connectivity index (χ4v) is 2.44. The first kappa shape index (κ1) is 25.5. The van der Waals surface area contributed by atoms with Crippen molar-refractivity contribution in [1.29, 1.82) is 0 Å². The highest BCUT2D eigenvalue weighted by atomic mass is 35.5. The molecule has 7 heteroatoms. The maximum atomic E-state index is 12.4. The van der Waals surface area contributed by atoms with Crippen molar-refractivity contribution in [3.05, 3.63) is 59.7 Å². The van der Waals surface area contributed by atoms with Crippen LogP contribution in [0.1, 0.15) is 41.0 Å². The van der Waals surface area contributed by atoms with Gasteiger partial charge in [-0.05, 0) is 60.9 Å². The van der Waals surface area contributed by atoms with E-state index in [-0.39, 0.29) is 24.3 Å². The number of esters is 1. The van der Waals surface area contributed by atoms with Crippen LogP contribution in [0.15, 0.2) is 48.5 Å². The molecular weight excluding hydrogens is 404 g/mol. The molecule has 0 spiro atoms.